The van der Waals surface area contributed by atoms with Crippen molar-refractivity contribution in [2.45, 2.75) is 31.2 Å². The third-order valence-electron chi connectivity index (χ3n) is 2.81. The Bertz CT molecular complexity index is 553. The van der Waals surface area contributed by atoms with Crippen LogP contribution in [-0.2, 0) is 10.0 Å². The lowest BCUT2D eigenvalue weighted by Crippen LogP contribution is -2.40. The molecule has 0 saturated heterocycles. The first-order valence-corrected chi connectivity index (χ1v) is 7.87. The zero-order valence-electron chi connectivity index (χ0n) is 11.7. The van der Waals surface area contributed by atoms with Gasteiger partial charge in [-0.15, -0.1) is 0 Å². The van der Waals surface area contributed by atoms with Crippen molar-refractivity contribution in [3.8, 4) is 0 Å². The van der Waals surface area contributed by atoms with Gasteiger partial charge < -0.3 is 11.5 Å². The largest absolute Gasteiger partial charge is 0.366 e. The summed E-state index contributed by atoms with van der Waals surface area (Å²) in [5, 5.41) is 0. The number of nitrogens with two attached hydrogens (primary N) is 2. The van der Waals surface area contributed by atoms with E-state index in [9.17, 15) is 13.2 Å². The lowest BCUT2D eigenvalue weighted by Gasteiger charge is -2.18. The van der Waals surface area contributed by atoms with Gasteiger partial charge in [-0.1, -0.05) is 13.8 Å². The number of hydrogen-bond donors (Lipinski definition) is 3. The molecule has 20 heavy (non-hydrogen) atoms. The van der Waals surface area contributed by atoms with E-state index in [0.29, 0.717) is 12.3 Å². The van der Waals surface area contributed by atoms with Crippen molar-refractivity contribution in [2.75, 3.05) is 6.54 Å². The second-order valence-corrected chi connectivity index (χ2v) is 6.79. The number of nitrogens with one attached hydrogen (secondary N) is 1. The van der Waals surface area contributed by atoms with Crippen molar-refractivity contribution in [3.05, 3.63) is 29.8 Å². The molecule has 0 radical (unpaired) electrons. The van der Waals surface area contributed by atoms with E-state index in [0.717, 1.165) is 0 Å². The molecule has 1 atom stereocenters. The van der Waals surface area contributed by atoms with Crippen molar-refractivity contribution < 1.29 is 13.2 Å². The van der Waals surface area contributed by atoms with E-state index in [-0.39, 0.29) is 23.0 Å². The fourth-order valence-electron chi connectivity index (χ4n) is 1.85. The number of sulfonamides is 1. The minimum atomic E-state index is -3.64. The summed E-state index contributed by atoms with van der Waals surface area (Å²) >= 11 is 0. The maximum absolute atomic E-state index is 12.2. The van der Waals surface area contributed by atoms with Gasteiger partial charge in [-0.05, 0) is 36.6 Å². The Kier molecular flexibility index (Phi) is 5.67. The summed E-state index contributed by atoms with van der Waals surface area (Å²) < 4.78 is 26.9. The van der Waals surface area contributed by atoms with Crippen molar-refractivity contribution in [2.24, 2.45) is 17.4 Å². The van der Waals surface area contributed by atoms with E-state index in [2.05, 4.69) is 4.72 Å². The van der Waals surface area contributed by atoms with E-state index >= 15 is 0 Å². The second kappa shape index (κ2) is 6.83. The lowest BCUT2D eigenvalue weighted by atomic mass is 10.1. The van der Waals surface area contributed by atoms with Gasteiger partial charge in [0.2, 0.25) is 15.9 Å². The molecule has 0 heterocycles. The molecule has 0 fully saturated rings. The van der Waals surface area contributed by atoms with Gasteiger partial charge in [0.1, 0.15) is 0 Å². The van der Waals surface area contributed by atoms with Gasteiger partial charge in [0.05, 0.1) is 4.90 Å². The zero-order chi connectivity index (χ0) is 15.3. The standard InChI is InChI=1S/C13H21N3O3S/c1-9(2)7-11(8-14)16-20(18,19)12-5-3-10(4-6-12)13(15)17/h3-6,9,11,16H,7-8,14H2,1-2H3,(H2,15,17). The molecule has 6 nitrogen and oxygen atoms in total. The predicted octanol–water partition coefficient (Wildman–Crippen LogP) is 0.437. The van der Waals surface area contributed by atoms with Crippen LogP contribution in [0.15, 0.2) is 29.2 Å². The molecular weight excluding hydrogens is 278 g/mol. The summed E-state index contributed by atoms with van der Waals surface area (Å²) in [7, 11) is -3.64. The number of benzene rings is 1. The summed E-state index contributed by atoms with van der Waals surface area (Å²) in [6.45, 7) is 4.23. The quantitative estimate of drug-likeness (QED) is 0.677. The smallest absolute Gasteiger partial charge is 0.248 e. The fourth-order valence-corrected chi connectivity index (χ4v) is 3.11. The van der Waals surface area contributed by atoms with Crippen LogP contribution >= 0.6 is 0 Å². The number of carbonyl (C=O) groups excluding carboxylic acids is 1. The lowest BCUT2D eigenvalue weighted by molar-refractivity contribution is 0.1000. The molecular formula is C13H21N3O3S. The summed E-state index contributed by atoms with van der Waals surface area (Å²) in [6, 6.07) is 5.17. The van der Waals surface area contributed by atoms with Gasteiger partial charge >= 0.3 is 0 Å². The Hall–Kier alpha value is -1.44. The Balaban J connectivity index is 2.90. The van der Waals surface area contributed by atoms with Crippen LogP contribution in [0.3, 0.4) is 0 Å². The average molecular weight is 299 g/mol. The van der Waals surface area contributed by atoms with Gasteiger partial charge in [0, 0.05) is 18.2 Å². The molecule has 1 rings (SSSR count). The minimum Gasteiger partial charge on any atom is -0.366 e. The van der Waals surface area contributed by atoms with Crippen LogP contribution < -0.4 is 16.2 Å². The van der Waals surface area contributed by atoms with Gasteiger partial charge in [0.25, 0.3) is 0 Å². The Labute approximate surface area is 119 Å². The van der Waals surface area contributed by atoms with Crippen molar-refractivity contribution in [3.63, 3.8) is 0 Å². The summed E-state index contributed by atoms with van der Waals surface area (Å²) in [5.41, 5.74) is 11.0. The highest BCUT2D eigenvalue weighted by Gasteiger charge is 2.20. The summed E-state index contributed by atoms with van der Waals surface area (Å²) in [6.07, 6.45) is 0.662. The fraction of sp³-hybridized carbons (Fsp3) is 0.462. The van der Waals surface area contributed by atoms with Crippen LogP contribution in [0.4, 0.5) is 0 Å². The molecule has 0 aromatic heterocycles. The third kappa shape index (κ3) is 4.59. The van der Waals surface area contributed by atoms with E-state index in [1.807, 2.05) is 13.8 Å². The highest BCUT2D eigenvalue weighted by molar-refractivity contribution is 7.89. The molecule has 0 aliphatic heterocycles. The summed E-state index contributed by atoms with van der Waals surface area (Å²) in [5.74, 6) is -0.259. The number of rotatable bonds is 7. The Morgan fingerprint density at radius 2 is 1.80 bits per heavy atom. The molecule has 1 aromatic carbocycles. The number of amides is 1. The maximum Gasteiger partial charge on any atom is 0.248 e. The monoisotopic (exact) mass is 299 g/mol. The van der Waals surface area contributed by atoms with Crippen molar-refractivity contribution in [1.82, 2.24) is 4.72 Å². The van der Waals surface area contributed by atoms with E-state index in [4.69, 9.17) is 11.5 Å². The van der Waals surface area contributed by atoms with E-state index in [1.54, 1.807) is 0 Å². The van der Waals surface area contributed by atoms with E-state index < -0.39 is 15.9 Å². The average Bonchev–Trinajstić information content (AvgIpc) is 2.37. The maximum atomic E-state index is 12.2. The SMILES string of the molecule is CC(C)CC(CN)NS(=O)(=O)c1ccc(C(N)=O)cc1. The highest BCUT2D eigenvalue weighted by Crippen LogP contribution is 2.13. The van der Waals surface area contributed by atoms with Gasteiger partial charge in [0.15, 0.2) is 0 Å². The van der Waals surface area contributed by atoms with Crippen molar-refractivity contribution in [1.29, 1.82) is 0 Å². The molecule has 1 unspecified atom stereocenters. The minimum absolute atomic E-state index is 0.0877. The van der Waals surface area contributed by atoms with Gasteiger partial charge in [-0.3, -0.25) is 4.79 Å². The predicted molar refractivity (Wildman–Crippen MR) is 77.6 cm³/mol. The zero-order valence-corrected chi connectivity index (χ0v) is 12.5. The molecule has 0 aliphatic carbocycles. The highest BCUT2D eigenvalue weighted by atomic mass is 32.2. The van der Waals surface area contributed by atoms with Crippen LogP contribution in [0.25, 0.3) is 0 Å². The second-order valence-electron chi connectivity index (χ2n) is 5.07. The topological polar surface area (TPSA) is 115 Å². The normalized spacial score (nSPS) is 13.4. The first-order valence-electron chi connectivity index (χ1n) is 6.38. The first kappa shape index (κ1) is 16.6. The molecule has 5 N–H and O–H groups in total. The van der Waals surface area contributed by atoms with Crippen molar-refractivity contribution >= 4 is 15.9 Å². The van der Waals surface area contributed by atoms with Crippen LogP contribution in [0.5, 0.6) is 0 Å². The van der Waals surface area contributed by atoms with Gasteiger partial charge in [-0.2, -0.15) is 0 Å². The van der Waals surface area contributed by atoms with Crippen LogP contribution in [-0.4, -0.2) is 26.9 Å². The Morgan fingerprint density at radius 3 is 2.20 bits per heavy atom. The van der Waals surface area contributed by atoms with Crippen LogP contribution in [0, 0.1) is 5.92 Å². The first-order chi connectivity index (χ1) is 9.26. The molecule has 0 bridgehead atoms. The van der Waals surface area contributed by atoms with Crippen LogP contribution in [0.1, 0.15) is 30.6 Å². The molecule has 0 spiro atoms. The number of primary amides is 1. The molecule has 1 aromatic rings. The van der Waals surface area contributed by atoms with Crippen LogP contribution in [0.2, 0.25) is 0 Å². The molecule has 7 heteroatoms. The number of hydrogen-bond acceptors (Lipinski definition) is 4. The molecule has 1 amide bonds. The molecule has 0 saturated carbocycles. The van der Waals surface area contributed by atoms with E-state index in [1.165, 1.54) is 24.3 Å². The number of carbonyl (C=O) groups is 1. The third-order valence-corrected chi connectivity index (χ3v) is 4.35. The summed E-state index contributed by atoms with van der Waals surface area (Å²) in [4.78, 5) is 11.0. The van der Waals surface area contributed by atoms with Gasteiger partial charge in [-0.25, -0.2) is 13.1 Å². The molecule has 112 valence electrons. The molecule has 0 aliphatic rings. The Morgan fingerprint density at radius 1 is 1.25 bits per heavy atom.